The van der Waals surface area contributed by atoms with Crippen LogP contribution in [0.3, 0.4) is 0 Å². The van der Waals surface area contributed by atoms with Gasteiger partial charge in [-0.3, -0.25) is 4.79 Å². The number of nitrogens with zero attached hydrogens (tertiary/aromatic N) is 1. The summed E-state index contributed by atoms with van der Waals surface area (Å²) in [5, 5.41) is 3.26. The molecular weight excluding hydrogens is 228 g/mol. The summed E-state index contributed by atoms with van der Waals surface area (Å²) in [4.78, 5) is 13.8. The van der Waals surface area contributed by atoms with Crippen molar-refractivity contribution in [2.45, 2.75) is 5.92 Å². The predicted octanol–water partition coefficient (Wildman–Crippen LogP) is 1.23. The largest absolute Gasteiger partial charge is 0.469 e. The monoisotopic (exact) mass is 248 g/mol. The number of esters is 1. The average Bonchev–Trinajstić information content (AvgIpc) is 2.87. The summed E-state index contributed by atoms with van der Waals surface area (Å²) in [6.07, 6.45) is 0. The Bertz CT molecular complexity index is 414. The van der Waals surface area contributed by atoms with Crippen LogP contribution in [0.2, 0.25) is 0 Å². The third-order valence-corrected chi connectivity index (χ3v) is 3.56. The fourth-order valence-corrected chi connectivity index (χ4v) is 2.45. The molecule has 2 atom stereocenters. The lowest BCUT2D eigenvalue weighted by atomic mass is 9.89. The molecule has 18 heavy (non-hydrogen) atoms. The van der Waals surface area contributed by atoms with Gasteiger partial charge >= 0.3 is 5.97 Å². The highest BCUT2D eigenvalue weighted by molar-refractivity contribution is 5.74. The molecule has 4 heteroatoms. The van der Waals surface area contributed by atoms with Crippen LogP contribution in [-0.4, -0.2) is 40.3 Å². The van der Waals surface area contributed by atoms with Crippen LogP contribution in [0.15, 0.2) is 24.3 Å². The predicted molar refractivity (Wildman–Crippen MR) is 71.9 cm³/mol. The molecule has 0 spiro atoms. The molecule has 0 amide bonds. The number of rotatable bonds is 3. The van der Waals surface area contributed by atoms with Crippen molar-refractivity contribution in [3.63, 3.8) is 0 Å². The third-order valence-electron chi connectivity index (χ3n) is 3.56. The normalized spacial score (nSPS) is 22.8. The highest BCUT2D eigenvalue weighted by Crippen LogP contribution is 2.30. The zero-order valence-corrected chi connectivity index (χ0v) is 11.1. The molecule has 1 aromatic rings. The van der Waals surface area contributed by atoms with Gasteiger partial charge in [0.1, 0.15) is 0 Å². The summed E-state index contributed by atoms with van der Waals surface area (Å²) in [6.45, 7) is 1.54. The van der Waals surface area contributed by atoms with Gasteiger partial charge in [0.25, 0.3) is 0 Å². The standard InChI is InChI=1S/C14H20N2O2/c1-16(2)11-6-4-10(5-7-11)12-8-15-9-13(12)14(17)18-3/h4-7,12-13,15H,8-9H2,1-3H3/t12-,13-/m0/s1. The number of carbonyl (C=O) groups excluding carboxylic acids is 1. The minimum atomic E-state index is -0.123. The van der Waals surface area contributed by atoms with Gasteiger partial charge in [-0.05, 0) is 17.7 Å². The second-order valence-corrected chi connectivity index (χ2v) is 4.88. The molecule has 1 fully saturated rings. The van der Waals surface area contributed by atoms with E-state index in [1.807, 2.05) is 14.1 Å². The summed E-state index contributed by atoms with van der Waals surface area (Å²) in [5.74, 6) is 0.0237. The molecule has 1 N–H and O–H groups in total. The highest BCUT2D eigenvalue weighted by Gasteiger charge is 2.34. The molecule has 4 nitrogen and oxygen atoms in total. The van der Waals surface area contributed by atoms with Crippen LogP contribution in [0.1, 0.15) is 11.5 Å². The Hall–Kier alpha value is -1.55. The number of hydrogen-bond donors (Lipinski definition) is 1. The van der Waals surface area contributed by atoms with E-state index in [2.05, 4.69) is 34.5 Å². The van der Waals surface area contributed by atoms with E-state index in [9.17, 15) is 4.79 Å². The molecule has 0 bridgehead atoms. The Kier molecular flexibility index (Phi) is 3.87. The van der Waals surface area contributed by atoms with Crippen molar-refractivity contribution in [2.24, 2.45) is 5.92 Å². The number of benzene rings is 1. The lowest BCUT2D eigenvalue weighted by Gasteiger charge is -2.18. The molecule has 1 aliphatic heterocycles. The maximum absolute atomic E-state index is 11.7. The van der Waals surface area contributed by atoms with E-state index in [1.165, 1.54) is 18.4 Å². The fraction of sp³-hybridized carbons (Fsp3) is 0.500. The molecule has 1 aliphatic rings. The minimum Gasteiger partial charge on any atom is -0.469 e. The molecule has 1 aromatic carbocycles. The van der Waals surface area contributed by atoms with Gasteiger partial charge in [0.15, 0.2) is 0 Å². The van der Waals surface area contributed by atoms with Gasteiger partial charge in [0.05, 0.1) is 13.0 Å². The number of carbonyl (C=O) groups is 1. The van der Waals surface area contributed by atoms with Crippen molar-refractivity contribution >= 4 is 11.7 Å². The lowest BCUT2D eigenvalue weighted by molar-refractivity contribution is -0.145. The number of methoxy groups -OCH3 is 1. The summed E-state index contributed by atoms with van der Waals surface area (Å²) < 4.78 is 4.86. The smallest absolute Gasteiger partial charge is 0.310 e. The zero-order valence-electron chi connectivity index (χ0n) is 11.1. The van der Waals surface area contributed by atoms with Crippen LogP contribution in [0, 0.1) is 5.92 Å². The summed E-state index contributed by atoms with van der Waals surface area (Å²) in [5.41, 5.74) is 2.36. The van der Waals surface area contributed by atoms with Gasteiger partial charge in [-0.25, -0.2) is 0 Å². The Morgan fingerprint density at radius 1 is 1.28 bits per heavy atom. The van der Waals surface area contributed by atoms with Crippen molar-refractivity contribution in [1.82, 2.24) is 5.32 Å². The molecular formula is C14H20N2O2. The Morgan fingerprint density at radius 2 is 1.94 bits per heavy atom. The second kappa shape index (κ2) is 5.40. The Morgan fingerprint density at radius 3 is 2.50 bits per heavy atom. The molecule has 0 aliphatic carbocycles. The summed E-state index contributed by atoms with van der Waals surface area (Å²) in [7, 11) is 5.49. The van der Waals surface area contributed by atoms with Gasteiger partial charge in [-0.15, -0.1) is 0 Å². The van der Waals surface area contributed by atoms with Crippen LogP contribution in [0.5, 0.6) is 0 Å². The van der Waals surface area contributed by atoms with E-state index in [-0.39, 0.29) is 17.8 Å². The van der Waals surface area contributed by atoms with Gasteiger partial charge in [-0.2, -0.15) is 0 Å². The van der Waals surface area contributed by atoms with Crippen LogP contribution in [-0.2, 0) is 9.53 Å². The molecule has 2 rings (SSSR count). The van der Waals surface area contributed by atoms with E-state index >= 15 is 0 Å². The van der Waals surface area contributed by atoms with E-state index in [0.717, 1.165) is 6.54 Å². The lowest BCUT2D eigenvalue weighted by Crippen LogP contribution is -2.23. The number of hydrogen-bond acceptors (Lipinski definition) is 4. The van der Waals surface area contributed by atoms with Crippen LogP contribution >= 0.6 is 0 Å². The Labute approximate surface area is 108 Å². The Balaban J connectivity index is 2.17. The fourth-order valence-electron chi connectivity index (χ4n) is 2.45. The molecule has 0 radical (unpaired) electrons. The van der Waals surface area contributed by atoms with Gasteiger partial charge in [-0.1, -0.05) is 12.1 Å². The average molecular weight is 248 g/mol. The van der Waals surface area contributed by atoms with Gasteiger partial charge < -0.3 is 15.0 Å². The van der Waals surface area contributed by atoms with Crippen molar-refractivity contribution in [3.8, 4) is 0 Å². The quantitative estimate of drug-likeness (QED) is 0.817. The van der Waals surface area contributed by atoms with E-state index in [0.29, 0.717) is 6.54 Å². The van der Waals surface area contributed by atoms with E-state index in [4.69, 9.17) is 4.74 Å². The minimum absolute atomic E-state index is 0.0693. The van der Waals surface area contributed by atoms with Crippen LogP contribution in [0.25, 0.3) is 0 Å². The number of ether oxygens (including phenoxy) is 1. The summed E-state index contributed by atoms with van der Waals surface area (Å²) in [6, 6.07) is 8.37. The first-order chi connectivity index (χ1) is 8.63. The summed E-state index contributed by atoms with van der Waals surface area (Å²) >= 11 is 0. The van der Waals surface area contributed by atoms with Crippen molar-refractivity contribution in [3.05, 3.63) is 29.8 Å². The molecule has 1 saturated heterocycles. The molecule has 98 valence electrons. The molecule has 0 aromatic heterocycles. The first-order valence-electron chi connectivity index (χ1n) is 6.19. The maximum Gasteiger partial charge on any atom is 0.310 e. The molecule has 0 unspecified atom stereocenters. The van der Waals surface area contributed by atoms with Crippen molar-refractivity contribution in [2.75, 3.05) is 39.2 Å². The van der Waals surface area contributed by atoms with Crippen molar-refractivity contribution in [1.29, 1.82) is 0 Å². The second-order valence-electron chi connectivity index (χ2n) is 4.88. The third kappa shape index (κ3) is 2.48. The molecule has 0 saturated carbocycles. The van der Waals surface area contributed by atoms with Crippen LogP contribution < -0.4 is 10.2 Å². The highest BCUT2D eigenvalue weighted by atomic mass is 16.5. The molecule has 1 heterocycles. The van der Waals surface area contributed by atoms with Gasteiger partial charge in [0, 0.05) is 38.8 Å². The first-order valence-corrected chi connectivity index (χ1v) is 6.19. The zero-order chi connectivity index (χ0) is 13.1. The number of nitrogens with one attached hydrogen (secondary N) is 1. The van der Waals surface area contributed by atoms with Gasteiger partial charge in [0.2, 0.25) is 0 Å². The number of anilines is 1. The van der Waals surface area contributed by atoms with E-state index in [1.54, 1.807) is 0 Å². The van der Waals surface area contributed by atoms with Crippen LogP contribution in [0.4, 0.5) is 5.69 Å². The first kappa shape index (κ1) is 12.9. The maximum atomic E-state index is 11.7. The van der Waals surface area contributed by atoms with E-state index < -0.39 is 0 Å². The topological polar surface area (TPSA) is 41.6 Å². The SMILES string of the molecule is COC(=O)[C@H]1CNC[C@H]1c1ccc(N(C)C)cc1. The van der Waals surface area contributed by atoms with Crippen molar-refractivity contribution < 1.29 is 9.53 Å².